The number of carbonyl (C=O) groups excluding carboxylic acids is 4. The van der Waals surface area contributed by atoms with E-state index in [4.69, 9.17) is 9.47 Å². The number of carbonyl (C=O) groups is 4. The van der Waals surface area contributed by atoms with Gasteiger partial charge in [0.25, 0.3) is 11.8 Å². The first-order valence-electron chi connectivity index (χ1n) is 11.9. The minimum atomic E-state index is -0.918. The Morgan fingerprint density at radius 1 is 1.09 bits per heavy atom. The Morgan fingerprint density at radius 3 is 2.40 bits per heavy atom. The van der Waals surface area contributed by atoms with Crippen LogP contribution in [0, 0.1) is 5.92 Å². The molecule has 1 fully saturated rings. The minimum absolute atomic E-state index is 0.0572. The van der Waals surface area contributed by atoms with Crippen LogP contribution in [0.5, 0.6) is 11.5 Å². The maximum absolute atomic E-state index is 13.8. The summed E-state index contributed by atoms with van der Waals surface area (Å²) in [6.45, 7) is 4.41. The molecular formula is C27H28N2O6. The predicted molar refractivity (Wildman–Crippen MR) is 127 cm³/mol. The van der Waals surface area contributed by atoms with Crippen molar-refractivity contribution in [2.75, 3.05) is 20.2 Å². The quantitative estimate of drug-likeness (QED) is 0.615. The largest absolute Gasteiger partial charge is 0.497 e. The van der Waals surface area contributed by atoms with E-state index in [9.17, 15) is 19.2 Å². The van der Waals surface area contributed by atoms with Crippen molar-refractivity contribution in [3.8, 4) is 11.5 Å². The monoisotopic (exact) mass is 476 g/mol. The number of ether oxygens (including phenoxy) is 2. The lowest BCUT2D eigenvalue weighted by Crippen LogP contribution is -2.54. The third kappa shape index (κ3) is 3.68. The van der Waals surface area contributed by atoms with Crippen molar-refractivity contribution in [2.45, 2.75) is 44.8 Å². The number of amides is 3. The highest BCUT2D eigenvalue weighted by atomic mass is 16.5. The number of ketones is 1. The van der Waals surface area contributed by atoms with E-state index in [0.29, 0.717) is 47.6 Å². The van der Waals surface area contributed by atoms with Crippen LogP contribution >= 0.6 is 0 Å². The molecule has 182 valence electrons. The van der Waals surface area contributed by atoms with Gasteiger partial charge in [-0.15, -0.1) is 0 Å². The van der Waals surface area contributed by atoms with Gasteiger partial charge in [0, 0.05) is 13.0 Å². The summed E-state index contributed by atoms with van der Waals surface area (Å²) in [5, 5.41) is 0. The van der Waals surface area contributed by atoms with Crippen molar-refractivity contribution >= 4 is 23.5 Å². The number of rotatable bonds is 5. The number of hydrogen-bond donors (Lipinski definition) is 0. The van der Waals surface area contributed by atoms with Crippen LogP contribution in [0.15, 0.2) is 42.5 Å². The molecule has 3 unspecified atom stereocenters. The van der Waals surface area contributed by atoms with Gasteiger partial charge in [0.2, 0.25) is 5.91 Å². The Hall–Kier alpha value is -3.68. The van der Waals surface area contributed by atoms with Crippen LogP contribution in [0.2, 0.25) is 0 Å². The molecule has 0 radical (unpaired) electrons. The first-order valence-corrected chi connectivity index (χ1v) is 11.9. The van der Waals surface area contributed by atoms with Crippen molar-refractivity contribution in [1.82, 2.24) is 9.80 Å². The van der Waals surface area contributed by atoms with Crippen LogP contribution in [-0.4, -0.2) is 65.1 Å². The second kappa shape index (κ2) is 8.52. The summed E-state index contributed by atoms with van der Waals surface area (Å²) in [4.78, 5) is 55.9. The standard InChI is InChI=1S/C27H28N2O6/c1-4-16(2)23(29-24(31)18-7-5-6-8-19(18)25(29)32)26(33)28-12-11-27(15-28)14-21(30)20-13-17(34-3)9-10-22(20)35-27/h5-10,13,16,23H,4,11-12,14-15H2,1-3H3. The average Bonchev–Trinajstić information content (AvgIpc) is 3.38. The normalized spacial score (nSPS) is 22.7. The van der Waals surface area contributed by atoms with Gasteiger partial charge < -0.3 is 14.4 Å². The van der Waals surface area contributed by atoms with Crippen molar-refractivity contribution in [3.05, 3.63) is 59.2 Å². The fourth-order valence-corrected chi connectivity index (χ4v) is 5.34. The molecule has 0 aliphatic carbocycles. The Balaban J connectivity index is 1.40. The van der Waals surface area contributed by atoms with E-state index in [2.05, 4.69) is 0 Å². The van der Waals surface area contributed by atoms with Crippen molar-refractivity contribution in [2.24, 2.45) is 5.92 Å². The van der Waals surface area contributed by atoms with Crippen LogP contribution in [0.25, 0.3) is 0 Å². The number of Topliss-reactive ketones (excluding diaryl/α,β-unsaturated/α-hetero) is 1. The Labute approximate surface area is 203 Å². The lowest BCUT2D eigenvalue weighted by Gasteiger charge is -2.36. The number of fused-ring (bicyclic) bond motifs is 2. The highest BCUT2D eigenvalue weighted by Crippen LogP contribution is 2.41. The highest BCUT2D eigenvalue weighted by molar-refractivity contribution is 6.22. The van der Waals surface area contributed by atoms with Gasteiger partial charge in [-0.05, 0) is 36.2 Å². The first kappa shape index (κ1) is 23.1. The molecule has 1 saturated heterocycles. The maximum Gasteiger partial charge on any atom is 0.262 e. The third-order valence-electron chi connectivity index (χ3n) is 7.46. The number of imide groups is 1. The Bertz CT molecular complexity index is 1200. The molecular weight excluding hydrogens is 448 g/mol. The van der Waals surface area contributed by atoms with E-state index in [-0.39, 0.29) is 30.6 Å². The minimum Gasteiger partial charge on any atom is -0.497 e. The van der Waals surface area contributed by atoms with Crippen LogP contribution in [-0.2, 0) is 4.79 Å². The topological polar surface area (TPSA) is 93.2 Å². The van der Waals surface area contributed by atoms with Gasteiger partial charge in [0.05, 0.1) is 36.8 Å². The highest BCUT2D eigenvalue weighted by Gasteiger charge is 2.51. The van der Waals surface area contributed by atoms with Gasteiger partial charge >= 0.3 is 0 Å². The molecule has 3 heterocycles. The molecule has 3 atom stereocenters. The molecule has 2 aromatic carbocycles. The van der Waals surface area contributed by atoms with Crippen LogP contribution in [0.1, 0.15) is 64.2 Å². The van der Waals surface area contributed by atoms with E-state index in [1.165, 1.54) is 0 Å². The Kier molecular flexibility index (Phi) is 5.62. The second-order valence-corrected chi connectivity index (χ2v) is 9.61. The van der Waals surface area contributed by atoms with Crippen LogP contribution < -0.4 is 9.47 Å². The average molecular weight is 477 g/mol. The van der Waals surface area contributed by atoms with Crippen molar-refractivity contribution in [3.63, 3.8) is 0 Å². The molecule has 3 amide bonds. The maximum atomic E-state index is 13.8. The summed E-state index contributed by atoms with van der Waals surface area (Å²) < 4.78 is 11.5. The second-order valence-electron chi connectivity index (χ2n) is 9.61. The molecule has 0 saturated carbocycles. The van der Waals surface area contributed by atoms with Gasteiger partial charge in [0.1, 0.15) is 23.1 Å². The molecule has 8 heteroatoms. The Morgan fingerprint density at radius 2 is 1.77 bits per heavy atom. The van der Waals surface area contributed by atoms with E-state index in [1.54, 1.807) is 54.5 Å². The van der Waals surface area contributed by atoms with Gasteiger partial charge in [0.15, 0.2) is 5.78 Å². The number of likely N-dealkylation sites (tertiary alicyclic amines) is 1. The van der Waals surface area contributed by atoms with E-state index < -0.39 is 23.5 Å². The molecule has 0 bridgehead atoms. The number of hydrogen-bond acceptors (Lipinski definition) is 6. The SMILES string of the molecule is CCC(C)C(C(=O)N1CCC2(CC(=O)c3cc(OC)ccc3O2)C1)N1C(=O)c2ccccc2C1=O. The molecule has 8 nitrogen and oxygen atoms in total. The van der Waals surface area contributed by atoms with Crippen LogP contribution in [0.3, 0.4) is 0 Å². The zero-order chi connectivity index (χ0) is 24.9. The molecule has 35 heavy (non-hydrogen) atoms. The lowest BCUT2D eigenvalue weighted by molar-refractivity contribution is -0.136. The molecule has 3 aliphatic rings. The molecule has 0 aromatic heterocycles. The molecule has 3 aliphatic heterocycles. The summed E-state index contributed by atoms with van der Waals surface area (Å²) in [7, 11) is 1.54. The third-order valence-corrected chi connectivity index (χ3v) is 7.46. The summed E-state index contributed by atoms with van der Waals surface area (Å²) in [5.74, 6) is -0.397. The van der Waals surface area contributed by atoms with E-state index in [1.807, 2.05) is 13.8 Å². The summed E-state index contributed by atoms with van der Waals surface area (Å²) >= 11 is 0. The van der Waals surface area contributed by atoms with Gasteiger partial charge in [-0.2, -0.15) is 0 Å². The summed E-state index contributed by atoms with van der Waals surface area (Å²) in [6, 6.07) is 10.9. The van der Waals surface area contributed by atoms with Crippen molar-refractivity contribution in [1.29, 1.82) is 0 Å². The first-order chi connectivity index (χ1) is 16.8. The number of methoxy groups -OCH3 is 1. The van der Waals surface area contributed by atoms with Gasteiger partial charge in [-0.1, -0.05) is 32.4 Å². The molecule has 0 N–H and O–H groups in total. The van der Waals surface area contributed by atoms with Gasteiger partial charge in [-0.3, -0.25) is 24.1 Å². The van der Waals surface area contributed by atoms with E-state index >= 15 is 0 Å². The van der Waals surface area contributed by atoms with Crippen molar-refractivity contribution < 1.29 is 28.7 Å². The van der Waals surface area contributed by atoms with Gasteiger partial charge in [-0.25, -0.2) is 0 Å². The van der Waals surface area contributed by atoms with Crippen LogP contribution in [0.4, 0.5) is 0 Å². The zero-order valence-electron chi connectivity index (χ0n) is 20.1. The summed E-state index contributed by atoms with van der Waals surface area (Å²) in [6.07, 6.45) is 1.26. The molecule has 5 rings (SSSR count). The smallest absolute Gasteiger partial charge is 0.262 e. The predicted octanol–water partition coefficient (Wildman–Crippen LogP) is 3.34. The fourth-order valence-electron chi connectivity index (χ4n) is 5.34. The summed E-state index contributed by atoms with van der Waals surface area (Å²) in [5.41, 5.74) is 0.300. The number of nitrogens with zero attached hydrogens (tertiary/aromatic N) is 2. The fraction of sp³-hybridized carbons (Fsp3) is 0.407. The lowest BCUT2D eigenvalue weighted by atomic mass is 9.89. The zero-order valence-corrected chi connectivity index (χ0v) is 20.1. The van der Waals surface area contributed by atoms with E-state index in [0.717, 1.165) is 4.90 Å². The molecule has 2 aromatic rings. The number of benzene rings is 2. The molecule has 1 spiro atoms.